The minimum absolute atomic E-state index is 0.0351. The Balaban J connectivity index is 1.10. The zero-order valence-electron chi connectivity index (χ0n) is 23.2. The number of para-hydroxylation sites is 1. The summed E-state index contributed by atoms with van der Waals surface area (Å²) < 4.78 is 0. The fourth-order valence-electron chi connectivity index (χ4n) is 6.41. The predicted octanol–water partition coefficient (Wildman–Crippen LogP) is 5.53. The molecule has 5 amide bonds. The number of urea groups is 2. The van der Waals surface area contributed by atoms with Gasteiger partial charge in [0.1, 0.15) is 6.04 Å². The van der Waals surface area contributed by atoms with Crippen LogP contribution >= 0.6 is 0 Å². The van der Waals surface area contributed by atoms with Crippen LogP contribution in [0.5, 0.6) is 0 Å². The Kier molecular flexibility index (Phi) is 7.89. The third kappa shape index (κ3) is 5.92. The second-order valence-corrected chi connectivity index (χ2v) is 11.2. The van der Waals surface area contributed by atoms with E-state index < -0.39 is 6.04 Å². The molecule has 0 aromatic heterocycles. The zero-order valence-corrected chi connectivity index (χ0v) is 23.2. The molecule has 0 aliphatic carbocycles. The normalized spacial score (nSPS) is 21.6. The quantitative estimate of drug-likeness (QED) is 0.437. The van der Waals surface area contributed by atoms with Crippen molar-refractivity contribution >= 4 is 23.7 Å². The molecule has 3 aromatic carbocycles. The number of piperidine rings is 1. The predicted molar refractivity (Wildman–Crippen MR) is 158 cm³/mol. The Morgan fingerprint density at radius 2 is 1.51 bits per heavy atom. The highest BCUT2D eigenvalue weighted by Gasteiger charge is 2.37. The van der Waals surface area contributed by atoms with E-state index in [1.54, 1.807) is 4.90 Å². The third-order valence-electron chi connectivity index (χ3n) is 8.66. The number of hydrogen-bond acceptors (Lipinski definition) is 3. The van der Waals surface area contributed by atoms with Gasteiger partial charge in [-0.25, -0.2) is 9.59 Å². The summed E-state index contributed by atoms with van der Waals surface area (Å²) in [7, 11) is 0. The molecule has 0 saturated carbocycles. The number of carbonyl (C=O) groups is 3. The van der Waals surface area contributed by atoms with Crippen LogP contribution in [0.3, 0.4) is 0 Å². The summed E-state index contributed by atoms with van der Waals surface area (Å²) in [4.78, 5) is 45.8. The SMILES string of the molecule is O=C(N[C@H]1CCC[C@@H](c2ccccc2)N(Cc2ccccc2)C1=O)N1CCC(N2Cc3ccccc3NC2=O)CC1. The van der Waals surface area contributed by atoms with Gasteiger partial charge in [-0.2, -0.15) is 0 Å². The molecule has 2 saturated heterocycles. The fourth-order valence-corrected chi connectivity index (χ4v) is 6.41. The average Bonchev–Trinajstić information content (AvgIpc) is 3.16. The molecule has 0 bridgehead atoms. The summed E-state index contributed by atoms with van der Waals surface area (Å²) >= 11 is 0. The van der Waals surface area contributed by atoms with Crippen molar-refractivity contribution in [1.82, 2.24) is 20.0 Å². The minimum Gasteiger partial charge on any atom is -0.330 e. The van der Waals surface area contributed by atoms with Crippen molar-refractivity contribution in [2.45, 2.75) is 63.3 Å². The maximum Gasteiger partial charge on any atom is 0.322 e. The van der Waals surface area contributed by atoms with E-state index in [-0.39, 0.29) is 30.1 Å². The van der Waals surface area contributed by atoms with Gasteiger partial charge in [-0.3, -0.25) is 4.79 Å². The number of nitrogens with zero attached hydrogens (tertiary/aromatic N) is 3. The number of nitrogens with one attached hydrogen (secondary N) is 2. The number of rotatable bonds is 5. The largest absolute Gasteiger partial charge is 0.330 e. The van der Waals surface area contributed by atoms with Gasteiger partial charge in [0.05, 0.1) is 6.04 Å². The molecule has 212 valence electrons. The van der Waals surface area contributed by atoms with Crippen LogP contribution in [0.4, 0.5) is 15.3 Å². The Labute approximate surface area is 241 Å². The Bertz CT molecular complexity index is 1370. The molecule has 2 N–H and O–H groups in total. The number of carbonyl (C=O) groups excluding carboxylic acids is 3. The molecule has 41 heavy (non-hydrogen) atoms. The Morgan fingerprint density at radius 3 is 2.27 bits per heavy atom. The summed E-state index contributed by atoms with van der Waals surface area (Å²) in [5.74, 6) is -0.0351. The Morgan fingerprint density at radius 1 is 0.829 bits per heavy atom. The molecule has 8 heteroatoms. The highest BCUT2D eigenvalue weighted by atomic mass is 16.2. The summed E-state index contributed by atoms with van der Waals surface area (Å²) in [6, 6.07) is 27.3. The maximum absolute atomic E-state index is 14.0. The van der Waals surface area contributed by atoms with Crippen LogP contribution in [0.25, 0.3) is 0 Å². The lowest BCUT2D eigenvalue weighted by Gasteiger charge is -2.41. The van der Waals surface area contributed by atoms with Crippen LogP contribution in [0, 0.1) is 0 Å². The van der Waals surface area contributed by atoms with Crippen molar-refractivity contribution in [2.75, 3.05) is 18.4 Å². The second-order valence-electron chi connectivity index (χ2n) is 11.2. The van der Waals surface area contributed by atoms with Gasteiger partial charge in [0, 0.05) is 37.9 Å². The van der Waals surface area contributed by atoms with Crippen LogP contribution in [0.1, 0.15) is 54.8 Å². The van der Waals surface area contributed by atoms with Gasteiger partial charge in [0.15, 0.2) is 0 Å². The molecule has 2 atom stereocenters. The van der Waals surface area contributed by atoms with Gasteiger partial charge in [0.25, 0.3) is 0 Å². The monoisotopic (exact) mass is 551 g/mol. The van der Waals surface area contributed by atoms with E-state index in [2.05, 4.69) is 22.8 Å². The van der Waals surface area contributed by atoms with Crippen LogP contribution in [0.2, 0.25) is 0 Å². The molecule has 3 aliphatic heterocycles. The van der Waals surface area contributed by atoms with E-state index in [0.29, 0.717) is 45.4 Å². The molecule has 8 nitrogen and oxygen atoms in total. The van der Waals surface area contributed by atoms with Crippen molar-refractivity contribution in [3.63, 3.8) is 0 Å². The van der Waals surface area contributed by atoms with E-state index in [1.165, 1.54) is 0 Å². The summed E-state index contributed by atoms with van der Waals surface area (Å²) in [6.07, 6.45) is 3.72. The first kappa shape index (κ1) is 26.9. The van der Waals surface area contributed by atoms with Crippen LogP contribution < -0.4 is 10.6 Å². The lowest BCUT2D eigenvalue weighted by Crippen LogP contribution is -2.55. The first-order valence-corrected chi connectivity index (χ1v) is 14.7. The molecule has 2 fully saturated rings. The third-order valence-corrected chi connectivity index (χ3v) is 8.66. The fraction of sp³-hybridized carbons (Fsp3) is 0.364. The number of amides is 5. The lowest BCUT2D eigenvalue weighted by molar-refractivity contribution is -0.135. The van der Waals surface area contributed by atoms with Crippen LogP contribution in [0.15, 0.2) is 84.9 Å². The highest BCUT2D eigenvalue weighted by Crippen LogP contribution is 2.33. The summed E-state index contributed by atoms with van der Waals surface area (Å²) in [6.45, 7) is 2.17. The molecule has 3 aromatic rings. The Hall–Kier alpha value is -4.33. The van der Waals surface area contributed by atoms with Gasteiger partial charge in [0.2, 0.25) is 5.91 Å². The minimum atomic E-state index is -0.568. The number of hydrogen-bond donors (Lipinski definition) is 2. The number of likely N-dealkylation sites (tertiary alicyclic amines) is 2. The lowest BCUT2D eigenvalue weighted by atomic mass is 10.0. The summed E-state index contributed by atoms with van der Waals surface area (Å²) in [5, 5.41) is 6.08. The zero-order chi connectivity index (χ0) is 28.2. The number of benzene rings is 3. The first-order valence-electron chi connectivity index (χ1n) is 14.7. The van der Waals surface area contributed by atoms with Gasteiger partial charge < -0.3 is 25.3 Å². The van der Waals surface area contributed by atoms with E-state index in [1.807, 2.05) is 82.6 Å². The van der Waals surface area contributed by atoms with E-state index >= 15 is 0 Å². The molecular formula is C33H37N5O3. The van der Waals surface area contributed by atoms with Gasteiger partial charge in [-0.15, -0.1) is 0 Å². The summed E-state index contributed by atoms with van der Waals surface area (Å²) in [5.41, 5.74) is 4.16. The molecule has 0 unspecified atom stereocenters. The maximum atomic E-state index is 14.0. The average molecular weight is 552 g/mol. The second kappa shape index (κ2) is 12.0. The standard InChI is InChI=1S/C33H37N5O3/c39-31-29(16-9-17-30(25-12-5-2-6-13-25)38(31)22-24-10-3-1-4-11-24)35-32(40)36-20-18-27(19-21-36)37-23-26-14-7-8-15-28(26)34-33(37)41/h1-8,10-15,27,29-30H,9,16-23H2,(H,34,41)(H,35,40)/t29-,30-/m0/s1. The molecule has 0 radical (unpaired) electrons. The van der Waals surface area contributed by atoms with Crippen molar-refractivity contribution in [3.8, 4) is 0 Å². The molecule has 0 spiro atoms. The van der Waals surface area contributed by atoms with E-state index in [0.717, 1.165) is 35.2 Å². The molecule has 3 heterocycles. The van der Waals surface area contributed by atoms with Crippen molar-refractivity contribution in [1.29, 1.82) is 0 Å². The highest BCUT2D eigenvalue weighted by molar-refractivity contribution is 5.92. The molecular weight excluding hydrogens is 514 g/mol. The van der Waals surface area contributed by atoms with E-state index in [9.17, 15) is 14.4 Å². The van der Waals surface area contributed by atoms with Crippen molar-refractivity contribution in [2.24, 2.45) is 0 Å². The van der Waals surface area contributed by atoms with Crippen LogP contribution in [-0.4, -0.2) is 57.8 Å². The van der Waals surface area contributed by atoms with Gasteiger partial charge >= 0.3 is 12.1 Å². The topological polar surface area (TPSA) is 85.0 Å². The molecule has 6 rings (SSSR count). The van der Waals surface area contributed by atoms with Gasteiger partial charge in [-0.1, -0.05) is 78.9 Å². The molecule has 3 aliphatic rings. The van der Waals surface area contributed by atoms with Crippen LogP contribution in [-0.2, 0) is 17.9 Å². The van der Waals surface area contributed by atoms with Crippen molar-refractivity contribution < 1.29 is 14.4 Å². The van der Waals surface area contributed by atoms with E-state index in [4.69, 9.17) is 0 Å². The number of anilines is 1. The number of fused-ring (bicyclic) bond motifs is 1. The van der Waals surface area contributed by atoms with Crippen molar-refractivity contribution in [3.05, 3.63) is 102 Å². The smallest absolute Gasteiger partial charge is 0.322 e. The van der Waals surface area contributed by atoms with Gasteiger partial charge in [-0.05, 0) is 54.9 Å². The first-order chi connectivity index (χ1) is 20.1.